The smallest absolute Gasteiger partial charge is 0.444 e. The van der Waals surface area contributed by atoms with E-state index in [-0.39, 0.29) is 29.0 Å². The van der Waals surface area contributed by atoms with E-state index in [1.807, 2.05) is 30.2 Å². The van der Waals surface area contributed by atoms with Gasteiger partial charge in [0.25, 0.3) is 5.79 Å². The molecule has 0 spiro atoms. The molecule has 3 aliphatic heterocycles. The average Bonchev–Trinajstić information content (AvgIpc) is 3.67. The predicted octanol–water partition coefficient (Wildman–Crippen LogP) is 6.32. The first-order chi connectivity index (χ1) is 22.5. The van der Waals surface area contributed by atoms with E-state index in [4.69, 9.17) is 25.8 Å². The zero-order valence-electron chi connectivity index (χ0n) is 25.7. The summed E-state index contributed by atoms with van der Waals surface area (Å²) in [7, 11) is 0. The van der Waals surface area contributed by atoms with Gasteiger partial charge in [-0.3, -0.25) is 10.00 Å². The van der Waals surface area contributed by atoms with E-state index in [0.717, 1.165) is 37.2 Å². The Balaban J connectivity index is 1.08. The van der Waals surface area contributed by atoms with Gasteiger partial charge in [-0.2, -0.15) is 23.4 Å². The topological polar surface area (TPSA) is 102 Å². The number of nitrogens with zero attached hydrogens (tertiary/aromatic N) is 6. The molecule has 47 heavy (non-hydrogen) atoms. The van der Waals surface area contributed by atoms with Crippen LogP contribution >= 0.6 is 11.6 Å². The van der Waals surface area contributed by atoms with Crippen molar-refractivity contribution in [3.63, 3.8) is 0 Å². The Labute approximate surface area is 273 Å². The molecule has 3 aliphatic rings. The van der Waals surface area contributed by atoms with Crippen molar-refractivity contribution in [2.75, 3.05) is 37.7 Å². The highest BCUT2D eigenvalue weighted by atomic mass is 35.5. The number of piperidine rings is 1. The summed E-state index contributed by atoms with van der Waals surface area (Å²) in [5, 5.41) is 14.7. The Morgan fingerprint density at radius 3 is 2.60 bits per heavy atom. The highest BCUT2D eigenvalue weighted by Crippen LogP contribution is 2.50. The SMILES string of the molecule is C[C@H]1COCCN1c1cc(-c2n[nH]c(C(F)(F)F)n2)nnc1CN1CCC(c2cccc3c2O[C@@](C)(c2ccc(Cl)cc2F)O3)CC1. The molecule has 5 heterocycles. The van der Waals surface area contributed by atoms with Gasteiger partial charge in [0.2, 0.25) is 11.6 Å². The van der Waals surface area contributed by atoms with Gasteiger partial charge in [-0.05, 0) is 69.1 Å². The second-order valence-electron chi connectivity index (χ2n) is 12.2. The maximum atomic E-state index is 14.9. The minimum Gasteiger partial charge on any atom is -0.444 e. The number of likely N-dealkylation sites (tertiary alicyclic amines) is 1. The first-order valence-corrected chi connectivity index (χ1v) is 15.8. The van der Waals surface area contributed by atoms with Crippen LogP contribution in [-0.4, -0.2) is 69.2 Å². The van der Waals surface area contributed by atoms with Crippen LogP contribution in [0.4, 0.5) is 23.2 Å². The fraction of sp³-hybridized carbons (Fsp3) is 0.438. The number of benzene rings is 2. The van der Waals surface area contributed by atoms with Crippen LogP contribution in [0.2, 0.25) is 5.02 Å². The van der Waals surface area contributed by atoms with Crippen molar-refractivity contribution in [1.29, 1.82) is 0 Å². The molecule has 10 nitrogen and oxygen atoms in total. The van der Waals surface area contributed by atoms with Gasteiger partial charge in [-0.25, -0.2) is 9.37 Å². The molecule has 0 unspecified atom stereocenters. The number of fused-ring (bicyclic) bond motifs is 1. The standard InChI is InChI=1S/C32H32ClF4N7O3/c1-18-17-45-13-12-44(18)26-15-24(29-38-30(42-41-29)32(35,36)37)39-40-25(26)16-43-10-8-19(9-11-43)21-4-3-5-27-28(21)47-31(2,46-27)22-7-6-20(33)14-23(22)34/h3-7,14-15,18-19H,8-13,16-17H2,1-2H3,(H,38,41,42)/t18-,31-/m0/s1. The highest BCUT2D eigenvalue weighted by Gasteiger charge is 2.43. The molecule has 2 aromatic heterocycles. The van der Waals surface area contributed by atoms with Gasteiger partial charge < -0.3 is 19.1 Å². The van der Waals surface area contributed by atoms with Gasteiger partial charge in [-0.15, -0.1) is 5.10 Å². The average molecular weight is 674 g/mol. The van der Waals surface area contributed by atoms with Crippen molar-refractivity contribution >= 4 is 17.3 Å². The maximum absolute atomic E-state index is 14.9. The van der Waals surface area contributed by atoms with E-state index in [0.29, 0.717) is 48.5 Å². The van der Waals surface area contributed by atoms with E-state index < -0.39 is 23.6 Å². The molecule has 0 bridgehead atoms. The van der Waals surface area contributed by atoms with E-state index in [1.54, 1.807) is 25.1 Å². The number of nitrogens with one attached hydrogen (secondary N) is 1. The summed E-state index contributed by atoms with van der Waals surface area (Å²) in [5.41, 5.74) is 2.91. The number of aromatic nitrogens is 5. The number of hydrogen-bond acceptors (Lipinski definition) is 9. The number of aromatic amines is 1. The van der Waals surface area contributed by atoms with Gasteiger partial charge in [0, 0.05) is 36.6 Å². The summed E-state index contributed by atoms with van der Waals surface area (Å²) < 4.78 is 72.5. The third-order valence-electron chi connectivity index (χ3n) is 8.94. The second kappa shape index (κ2) is 12.2. The lowest BCUT2D eigenvalue weighted by atomic mass is 9.88. The lowest BCUT2D eigenvalue weighted by Crippen LogP contribution is -2.44. The maximum Gasteiger partial charge on any atom is 0.451 e. The van der Waals surface area contributed by atoms with Crippen molar-refractivity contribution in [2.24, 2.45) is 0 Å². The number of H-pyrrole nitrogens is 1. The normalized spacial score (nSPS) is 22.2. The second-order valence-corrected chi connectivity index (χ2v) is 12.6. The molecule has 2 atom stereocenters. The van der Waals surface area contributed by atoms with Gasteiger partial charge in [0.1, 0.15) is 17.2 Å². The summed E-state index contributed by atoms with van der Waals surface area (Å²) in [6.07, 6.45) is -2.99. The van der Waals surface area contributed by atoms with E-state index in [1.165, 1.54) is 6.07 Å². The van der Waals surface area contributed by atoms with Crippen molar-refractivity contribution < 1.29 is 31.8 Å². The van der Waals surface area contributed by atoms with Crippen LogP contribution in [0.1, 0.15) is 55.3 Å². The summed E-state index contributed by atoms with van der Waals surface area (Å²) in [6.45, 7) is 7.37. The zero-order valence-corrected chi connectivity index (χ0v) is 26.4. The Hall–Kier alpha value is -4.01. The molecule has 7 rings (SSSR count). The quantitative estimate of drug-likeness (QED) is 0.236. The van der Waals surface area contributed by atoms with E-state index in [2.05, 4.69) is 30.1 Å². The Morgan fingerprint density at radius 1 is 1.06 bits per heavy atom. The van der Waals surface area contributed by atoms with Crippen LogP contribution < -0.4 is 14.4 Å². The zero-order chi connectivity index (χ0) is 32.9. The number of rotatable bonds is 6. The molecule has 248 valence electrons. The molecule has 2 aromatic carbocycles. The van der Waals surface area contributed by atoms with Crippen molar-refractivity contribution in [1.82, 2.24) is 30.3 Å². The van der Waals surface area contributed by atoms with Gasteiger partial charge in [0.05, 0.1) is 24.5 Å². The summed E-state index contributed by atoms with van der Waals surface area (Å²) >= 11 is 5.97. The van der Waals surface area contributed by atoms with Crippen LogP contribution in [0.25, 0.3) is 11.5 Å². The molecule has 0 radical (unpaired) electrons. The Morgan fingerprint density at radius 2 is 1.87 bits per heavy atom. The van der Waals surface area contributed by atoms with Gasteiger partial charge in [-0.1, -0.05) is 23.7 Å². The number of alkyl halides is 3. The van der Waals surface area contributed by atoms with Crippen molar-refractivity contribution in [3.05, 3.63) is 75.9 Å². The third-order valence-corrected chi connectivity index (χ3v) is 9.17. The molecule has 2 fully saturated rings. The number of para-hydroxylation sites is 1. The molecule has 0 aliphatic carbocycles. The van der Waals surface area contributed by atoms with Crippen LogP contribution in [0, 0.1) is 5.82 Å². The summed E-state index contributed by atoms with van der Waals surface area (Å²) in [5.74, 6) is -1.82. The Kier molecular flexibility index (Phi) is 8.21. The van der Waals surface area contributed by atoms with Gasteiger partial charge >= 0.3 is 6.18 Å². The van der Waals surface area contributed by atoms with Crippen LogP contribution in [0.5, 0.6) is 11.5 Å². The molecular weight excluding hydrogens is 642 g/mol. The van der Waals surface area contributed by atoms with Crippen LogP contribution in [0.15, 0.2) is 42.5 Å². The summed E-state index contributed by atoms with van der Waals surface area (Å²) in [4.78, 5) is 8.04. The van der Waals surface area contributed by atoms with Gasteiger partial charge in [0.15, 0.2) is 11.5 Å². The Bertz CT molecular complexity index is 1780. The third kappa shape index (κ3) is 6.21. The fourth-order valence-electron chi connectivity index (χ4n) is 6.52. The molecule has 0 amide bonds. The summed E-state index contributed by atoms with van der Waals surface area (Å²) in [6, 6.07) is 11.9. The van der Waals surface area contributed by atoms with E-state index >= 15 is 0 Å². The minimum atomic E-state index is -4.65. The van der Waals surface area contributed by atoms with Crippen LogP contribution in [0.3, 0.4) is 0 Å². The molecule has 15 heteroatoms. The largest absolute Gasteiger partial charge is 0.451 e. The molecule has 0 saturated carbocycles. The van der Waals surface area contributed by atoms with Crippen molar-refractivity contribution in [3.8, 4) is 23.0 Å². The first kappa shape index (κ1) is 31.6. The monoisotopic (exact) mass is 673 g/mol. The number of morpholine rings is 1. The van der Waals surface area contributed by atoms with Crippen molar-refractivity contribution in [2.45, 2.75) is 57.2 Å². The van der Waals surface area contributed by atoms with Crippen LogP contribution in [-0.2, 0) is 23.2 Å². The predicted molar refractivity (Wildman–Crippen MR) is 164 cm³/mol. The number of anilines is 1. The fourth-order valence-corrected chi connectivity index (χ4v) is 6.68. The lowest BCUT2D eigenvalue weighted by Gasteiger charge is -2.37. The van der Waals surface area contributed by atoms with E-state index in [9.17, 15) is 17.6 Å². The number of halogens is 5. The molecular formula is C32H32ClF4N7O3. The molecule has 4 aromatic rings. The highest BCUT2D eigenvalue weighted by molar-refractivity contribution is 6.30. The molecule has 1 N–H and O–H groups in total. The lowest BCUT2D eigenvalue weighted by molar-refractivity contribution is -0.144. The number of ether oxygens (including phenoxy) is 3. The number of hydrogen-bond donors (Lipinski definition) is 1. The molecule has 2 saturated heterocycles. The first-order valence-electron chi connectivity index (χ1n) is 15.4. The minimum absolute atomic E-state index is 0.0255.